The van der Waals surface area contributed by atoms with Crippen LogP contribution in [0.1, 0.15) is 72.0 Å². The normalized spacial score (nSPS) is 20.0. The van der Waals surface area contributed by atoms with E-state index in [1.807, 2.05) is 29.2 Å². The lowest BCUT2D eigenvalue weighted by atomic mass is 9.81. The minimum atomic E-state index is -3.96. The fraction of sp³-hybridized carbons (Fsp3) is 0.484. The Kier molecular flexibility index (Phi) is 7.65. The Morgan fingerprint density at radius 2 is 1.66 bits per heavy atom. The molecule has 2 aliphatic heterocycles. The maximum atomic E-state index is 14.1. The van der Waals surface area contributed by atoms with Crippen LogP contribution in [0.25, 0.3) is 22.2 Å². The van der Waals surface area contributed by atoms with E-state index in [2.05, 4.69) is 21.4 Å². The Bertz CT molecular complexity index is 1570. The fourth-order valence-electron chi connectivity index (χ4n) is 6.87. The predicted molar refractivity (Wildman–Crippen MR) is 158 cm³/mol. The van der Waals surface area contributed by atoms with E-state index >= 15 is 0 Å². The van der Waals surface area contributed by atoms with Crippen molar-refractivity contribution in [3.63, 3.8) is 0 Å². The van der Waals surface area contributed by atoms with Gasteiger partial charge >= 0.3 is 10.2 Å². The highest BCUT2D eigenvalue weighted by Crippen LogP contribution is 2.49. The monoisotopic (exact) mass is 578 g/mol. The summed E-state index contributed by atoms with van der Waals surface area (Å²) in [5.41, 5.74) is 5.39. The first-order valence-electron chi connectivity index (χ1n) is 14.6. The molecule has 3 heterocycles. The second-order valence-electron chi connectivity index (χ2n) is 11.5. The predicted octanol–water partition coefficient (Wildman–Crippen LogP) is 4.24. The number of hydrogen-bond donors (Lipinski definition) is 1. The van der Waals surface area contributed by atoms with E-state index in [-0.39, 0.29) is 5.91 Å². The molecule has 1 saturated carbocycles. The Labute approximate surface area is 241 Å². The van der Waals surface area contributed by atoms with Crippen LogP contribution in [0.4, 0.5) is 0 Å². The summed E-state index contributed by atoms with van der Waals surface area (Å²) in [7, 11) is -1.19. The average Bonchev–Trinajstić information content (AvgIpc) is 3.34. The number of hydrogen-bond acceptors (Lipinski definition) is 5. The summed E-state index contributed by atoms with van der Waals surface area (Å²) in [6.45, 7) is 2.18. The summed E-state index contributed by atoms with van der Waals surface area (Å²) in [6, 6.07) is 13.6. The zero-order chi connectivity index (χ0) is 28.7. The van der Waals surface area contributed by atoms with Gasteiger partial charge in [-0.15, -0.1) is 0 Å². The molecule has 2 aromatic carbocycles. The Balaban J connectivity index is 1.60. The number of aromatic nitrogens is 1. The molecular weight excluding hydrogens is 540 g/mol. The number of morpholine rings is 1. The average molecular weight is 579 g/mol. The number of rotatable bonds is 6. The van der Waals surface area contributed by atoms with Gasteiger partial charge in [0.15, 0.2) is 0 Å². The van der Waals surface area contributed by atoms with Gasteiger partial charge in [-0.2, -0.15) is 12.7 Å². The molecular formula is C31H38N4O5S. The Morgan fingerprint density at radius 3 is 2.34 bits per heavy atom. The molecule has 218 valence electrons. The van der Waals surface area contributed by atoms with Crippen LogP contribution < -0.4 is 4.72 Å². The number of ether oxygens (including phenoxy) is 1. The van der Waals surface area contributed by atoms with Crippen LogP contribution in [0.2, 0.25) is 0 Å². The maximum absolute atomic E-state index is 14.1. The van der Waals surface area contributed by atoms with E-state index in [1.165, 1.54) is 26.1 Å². The number of amides is 2. The van der Waals surface area contributed by atoms with Crippen LogP contribution in [-0.2, 0) is 26.2 Å². The van der Waals surface area contributed by atoms with Gasteiger partial charge in [0.2, 0.25) is 5.91 Å². The molecule has 2 amide bonds. The zero-order valence-corrected chi connectivity index (χ0v) is 24.6. The largest absolute Gasteiger partial charge is 0.378 e. The summed E-state index contributed by atoms with van der Waals surface area (Å²) >= 11 is 0. The molecule has 3 aliphatic rings. The highest BCUT2D eigenvalue weighted by Gasteiger charge is 2.38. The molecule has 1 unspecified atom stereocenters. The quantitative estimate of drug-likeness (QED) is 0.472. The number of carbonyl (C=O) groups excluding carboxylic acids is 2. The van der Waals surface area contributed by atoms with E-state index in [0.29, 0.717) is 50.6 Å². The minimum absolute atomic E-state index is 0.0771. The second kappa shape index (κ2) is 11.2. The summed E-state index contributed by atoms with van der Waals surface area (Å²) in [5, 5.41) is 1.07. The van der Waals surface area contributed by atoms with Gasteiger partial charge in [-0.05, 0) is 54.4 Å². The van der Waals surface area contributed by atoms with Gasteiger partial charge in [-0.25, -0.2) is 4.72 Å². The van der Waals surface area contributed by atoms with Crippen LogP contribution in [0.5, 0.6) is 0 Å². The topological polar surface area (TPSA) is 101 Å². The van der Waals surface area contributed by atoms with Crippen LogP contribution in [0.3, 0.4) is 0 Å². The minimum Gasteiger partial charge on any atom is -0.378 e. The molecule has 6 rings (SSSR count). The van der Waals surface area contributed by atoms with Gasteiger partial charge in [0.05, 0.1) is 24.4 Å². The van der Waals surface area contributed by atoms with Crippen molar-refractivity contribution in [2.75, 3.05) is 40.4 Å². The lowest BCUT2D eigenvalue weighted by molar-refractivity contribution is -0.139. The van der Waals surface area contributed by atoms with Crippen molar-refractivity contribution >= 4 is 32.9 Å². The third-order valence-electron chi connectivity index (χ3n) is 8.90. The molecule has 41 heavy (non-hydrogen) atoms. The molecule has 1 aromatic heterocycles. The lowest BCUT2D eigenvalue weighted by Gasteiger charge is -2.34. The van der Waals surface area contributed by atoms with Crippen molar-refractivity contribution < 1.29 is 22.7 Å². The molecule has 1 N–H and O–H groups in total. The van der Waals surface area contributed by atoms with Crippen LogP contribution in [0.15, 0.2) is 42.5 Å². The van der Waals surface area contributed by atoms with Crippen LogP contribution in [0, 0.1) is 0 Å². The van der Waals surface area contributed by atoms with Crippen LogP contribution in [-0.4, -0.2) is 74.4 Å². The van der Waals surface area contributed by atoms with E-state index in [4.69, 9.17) is 4.74 Å². The third-order valence-corrected chi connectivity index (χ3v) is 10.3. The first kappa shape index (κ1) is 27.9. The highest BCUT2D eigenvalue weighted by molar-refractivity contribution is 7.87. The van der Waals surface area contributed by atoms with Crippen molar-refractivity contribution in [2.24, 2.45) is 0 Å². The molecule has 1 atom stereocenters. The first-order valence-corrected chi connectivity index (χ1v) is 16.1. The van der Waals surface area contributed by atoms with E-state index in [9.17, 15) is 18.0 Å². The van der Waals surface area contributed by atoms with Gasteiger partial charge in [0, 0.05) is 38.1 Å². The summed E-state index contributed by atoms with van der Waals surface area (Å²) in [5.74, 6) is -0.225. The molecule has 10 heteroatoms. The molecule has 9 nitrogen and oxygen atoms in total. The first-order chi connectivity index (χ1) is 19.8. The molecule has 0 spiro atoms. The standard InChI is InChI=1S/C31H38N4O5S/c1-33(2)41(38,39)32-30(36)24-13-14-25-27(21-9-5-3-6-10-21)28(22-11-7-4-8-12-22)35-26(16-15-23(24)29(25)35)31(37)34-17-19-40-20-18-34/h4,7-8,11-14,21,26H,3,5-6,9-10,15-20H2,1-2H3,(H,32,36). The van der Waals surface area contributed by atoms with Crippen molar-refractivity contribution in [1.29, 1.82) is 0 Å². The third kappa shape index (κ3) is 5.06. The van der Waals surface area contributed by atoms with Crippen molar-refractivity contribution in [2.45, 2.75) is 56.9 Å². The smallest absolute Gasteiger partial charge is 0.303 e. The van der Waals surface area contributed by atoms with Crippen molar-refractivity contribution in [3.05, 3.63) is 59.2 Å². The molecule has 0 radical (unpaired) electrons. The SMILES string of the molecule is CN(C)S(=O)(=O)NC(=O)c1ccc2c(C3CCCCC3)c(-c3ccccc3)n3c2c1CCC3C(=O)N1CCOCC1. The lowest BCUT2D eigenvalue weighted by Crippen LogP contribution is -2.45. The van der Waals surface area contributed by atoms with Gasteiger partial charge < -0.3 is 14.2 Å². The van der Waals surface area contributed by atoms with Gasteiger partial charge in [0.25, 0.3) is 5.91 Å². The van der Waals surface area contributed by atoms with Gasteiger partial charge in [-0.3, -0.25) is 9.59 Å². The maximum Gasteiger partial charge on any atom is 0.303 e. The van der Waals surface area contributed by atoms with Gasteiger partial charge in [0.1, 0.15) is 6.04 Å². The van der Waals surface area contributed by atoms with Gasteiger partial charge in [-0.1, -0.05) is 55.7 Å². The summed E-state index contributed by atoms with van der Waals surface area (Å²) in [4.78, 5) is 29.5. The highest BCUT2D eigenvalue weighted by atomic mass is 32.2. The Hall–Kier alpha value is -3.21. The van der Waals surface area contributed by atoms with Crippen LogP contribution >= 0.6 is 0 Å². The molecule has 3 aromatic rings. The summed E-state index contributed by atoms with van der Waals surface area (Å²) < 4.78 is 36.0. The number of aryl methyl sites for hydroxylation is 1. The molecule has 1 aliphatic carbocycles. The zero-order valence-electron chi connectivity index (χ0n) is 23.8. The molecule has 0 bridgehead atoms. The fourth-order valence-corrected chi connectivity index (χ4v) is 7.40. The number of carbonyl (C=O) groups is 2. The molecule has 1 saturated heterocycles. The van der Waals surface area contributed by atoms with E-state index in [1.54, 1.807) is 6.07 Å². The Morgan fingerprint density at radius 1 is 0.951 bits per heavy atom. The van der Waals surface area contributed by atoms with Crippen molar-refractivity contribution in [1.82, 2.24) is 18.5 Å². The second-order valence-corrected chi connectivity index (χ2v) is 13.4. The van der Waals surface area contributed by atoms with Crippen molar-refractivity contribution in [3.8, 4) is 11.3 Å². The number of nitrogens with one attached hydrogen (secondary N) is 1. The van der Waals surface area contributed by atoms with E-state index in [0.717, 1.165) is 57.7 Å². The number of nitrogens with zero attached hydrogens (tertiary/aromatic N) is 3. The summed E-state index contributed by atoms with van der Waals surface area (Å²) in [6.07, 6.45) is 6.75. The molecule has 2 fully saturated rings. The number of benzene rings is 2. The van der Waals surface area contributed by atoms with E-state index < -0.39 is 22.2 Å².